The lowest BCUT2D eigenvalue weighted by Gasteiger charge is -2.43. The Balaban J connectivity index is 1.64. The molecule has 1 N–H and O–H groups in total. The number of ether oxygens (including phenoxy) is 1. The van der Waals surface area contributed by atoms with Crippen molar-refractivity contribution in [2.45, 2.75) is 52.5 Å². The molecule has 3 rings (SSSR count). The van der Waals surface area contributed by atoms with Gasteiger partial charge < -0.3 is 10.1 Å². The molecule has 0 unspecified atom stereocenters. The van der Waals surface area contributed by atoms with Gasteiger partial charge in [0.15, 0.2) is 0 Å². The Morgan fingerprint density at radius 1 is 1.20 bits per heavy atom. The number of amides is 3. The van der Waals surface area contributed by atoms with Crippen molar-refractivity contribution in [2.24, 2.45) is 11.3 Å². The van der Waals surface area contributed by atoms with Crippen LogP contribution in [0.5, 0.6) is 5.75 Å². The molecule has 0 bridgehead atoms. The van der Waals surface area contributed by atoms with Gasteiger partial charge in [-0.05, 0) is 49.7 Å². The normalized spacial score (nSPS) is 28.3. The third-order valence-corrected chi connectivity index (χ3v) is 5.23. The molecule has 5 heteroatoms. The summed E-state index contributed by atoms with van der Waals surface area (Å²) in [5.74, 6) is 1.07. The average molecular weight is 344 g/mol. The van der Waals surface area contributed by atoms with Crippen LogP contribution < -0.4 is 10.1 Å². The lowest BCUT2D eigenvalue weighted by Crippen LogP contribution is -2.54. The van der Waals surface area contributed by atoms with E-state index in [0.717, 1.165) is 24.2 Å². The van der Waals surface area contributed by atoms with E-state index in [0.29, 0.717) is 18.9 Å². The van der Waals surface area contributed by atoms with Gasteiger partial charge in [0.2, 0.25) is 0 Å². The van der Waals surface area contributed by atoms with Crippen LogP contribution in [0.3, 0.4) is 0 Å². The van der Waals surface area contributed by atoms with Crippen molar-refractivity contribution in [3.05, 3.63) is 29.8 Å². The first-order chi connectivity index (χ1) is 11.7. The number of carbonyl (C=O) groups excluding carboxylic acids is 2. The van der Waals surface area contributed by atoms with Crippen molar-refractivity contribution in [3.8, 4) is 5.75 Å². The van der Waals surface area contributed by atoms with Gasteiger partial charge in [0, 0.05) is 0 Å². The fourth-order valence-corrected chi connectivity index (χ4v) is 4.60. The number of carbonyl (C=O) groups is 2. The van der Waals surface area contributed by atoms with Crippen molar-refractivity contribution in [1.82, 2.24) is 10.2 Å². The Morgan fingerprint density at radius 2 is 1.88 bits per heavy atom. The first-order valence-corrected chi connectivity index (χ1v) is 9.04. The Morgan fingerprint density at radius 3 is 2.52 bits per heavy atom. The summed E-state index contributed by atoms with van der Waals surface area (Å²) in [7, 11) is 0. The topological polar surface area (TPSA) is 58.6 Å². The molecule has 1 spiro atoms. The molecule has 5 nitrogen and oxygen atoms in total. The number of urea groups is 1. The smallest absolute Gasteiger partial charge is 0.325 e. The number of hydrogen-bond donors (Lipinski definition) is 1. The number of nitrogens with zero attached hydrogens (tertiary/aromatic N) is 1. The number of aryl methyl sites for hydroxylation is 1. The van der Waals surface area contributed by atoms with Crippen LogP contribution in [-0.4, -0.2) is 35.5 Å². The van der Waals surface area contributed by atoms with Crippen LogP contribution in [0.15, 0.2) is 24.3 Å². The molecule has 1 aromatic rings. The molecule has 1 heterocycles. The second-order valence-corrected chi connectivity index (χ2v) is 8.48. The molecule has 1 saturated carbocycles. The third-order valence-electron chi connectivity index (χ3n) is 5.23. The fraction of sp³-hybridized carbons (Fsp3) is 0.600. The molecule has 3 amide bonds. The zero-order chi connectivity index (χ0) is 18.2. The molecule has 1 saturated heterocycles. The minimum atomic E-state index is -0.734. The predicted octanol–water partition coefficient (Wildman–Crippen LogP) is 3.51. The second kappa shape index (κ2) is 6.36. The molecule has 0 aromatic heterocycles. The Bertz CT molecular complexity index is 668. The van der Waals surface area contributed by atoms with E-state index in [2.05, 4.69) is 26.1 Å². The van der Waals surface area contributed by atoms with Crippen LogP contribution in [0, 0.1) is 18.3 Å². The summed E-state index contributed by atoms with van der Waals surface area (Å²) in [5, 5.41) is 2.99. The average Bonchev–Trinajstić information content (AvgIpc) is 2.70. The Hall–Kier alpha value is -2.04. The van der Waals surface area contributed by atoms with Crippen LogP contribution in [0.25, 0.3) is 0 Å². The largest absolute Gasteiger partial charge is 0.492 e. The van der Waals surface area contributed by atoms with E-state index in [9.17, 15) is 9.59 Å². The van der Waals surface area contributed by atoms with Crippen LogP contribution in [0.4, 0.5) is 4.79 Å². The summed E-state index contributed by atoms with van der Waals surface area (Å²) in [6.45, 7) is 9.10. The molecule has 1 aliphatic heterocycles. The van der Waals surface area contributed by atoms with Gasteiger partial charge in [0.1, 0.15) is 17.9 Å². The lowest BCUT2D eigenvalue weighted by molar-refractivity contribution is -0.135. The van der Waals surface area contributed by atoms with Gasteiger partial charge in [-0.3, -0.25) is 9.69 Å². The van der Waals surface area contributed by atoms with E-state index < -0.39 is 5.54 Å². The van der Waals surface area contributed by atoms with Gasteiger partial charge in [-0.1, -0.05) is 38.5 Å². The zero-order valence-corrected chi connectivity index (χ0v) is 15.6. The molecule has 0 radical (unpaired) electrons. The standard InChI is InChI=1S/C20H28N2O3/c1-14-5-7-16(8-6-14)25-10-9-22-17(23)20(21-18(22)24)12-15(2)11-19(3,4)13-20/h5-8,15H,9-13H2,1-4H3,(H,21,24)/t15-,20-/m0/s1. The summed E-state index contributed by atoms with van der Waals surface area (Å²) in [4.78, 5) is 26.7. The summed E-state index contributed by atoms with van der Waals surface area (Å²) in [6, 6.07) is 7.46. The Kier molecular flexibility index (Phi) is 4.52. The SMILES string of the molecule is Cc1ccc(OCCN2C(=O)N[C@]3(C[C@@H](C)CC(C)(C)C3)C2=O)cc1. The first-order valence-electron chi connectivity index (χ1n) is 9.04. The Labute approximate surface area is 149 Å². The number of rotatable bonds is 4. The predicted molar refractivity (Wildman–Crippen MR) is 96.4 cm³/mol. The number of nitrogens with one attached hydrogen (secondary N) is 1. The van der Waals surface area contributed by atoms with Gasteiger partial charge in [0.25, 0.3) is 5.91 Å². The minimum Gasteiger partial charge on any atom is -0.492 e. The molecule has 25 heavy (non-hydrogen) atoms. The van der Waals surface area contributed by atoms with Crippen molar-refractivity contribution in [3.63, 3.8) is 0 Å². The first kappa shape index (κ1) is 17.8. The number of imide groups is 1. The molecule has 2 fully saturated rings. The highest BCUT2D eigenvalue weighted by molar-refractivity contribution is 6.07. The highest BCUT2D eigenvalue weighted by atomic mass is 16.5. The maximum Gasteiger partial charge on any atom is 0.325 e. The molecule has 1 aliphatic carbocycles. The van der Waals surface area contributed by atoms with Gasteiger partial charge in [0.05, 0.1) is 6.54 Å². The second-order valence-electron chi connectivity index (χ2n) is 8.48. The summed E-state index contributed by atoms with van der Waals surface area (Å²) in [6.07, 6.45) is 2.50. The quantitative estimate of drug-likeness (QED) is 0.850. The van der Waals surface area contributed by atoms with Crippen molar-refractivity contribution in [2.75, 3.05) is 13.2 Å². The maximum atomic E-state index is 13.0. The molecule has 2 aliphatic rings. The summed E-state index contributed by atoms with van der Waals surface area (Å²) >= 11 is 0. The molecular weight excluding hydrogens is 316 g/mol. The highest BCUT2D eigenvalue weighted by Crippen LogP contribution is 2.46. The van der Waals surface area contributed by atoms with E-state index in [-0.39, 0.29) is 23.9 Å². The third kappa shape index (κ3) is 3.65. The van der Waals surface area contributed by atoms with Gasteiger partial charge >= 0.3 is 6.03 Å². The molecule has 136 valence electrons. The summed E-state index contributed by atoms with van der Waals surface area (Å²) < 4.78 is 5.68. The summed E-state index contributed by atoms with van der Waals surface area (Å²) in [5.41, 5.74) is 0.481. The van der Waals surface area contributed by atoms with Crippen LogP contribution in [0.2, 0.25) is 0 Å². The minimum absolute atomic E-state index is 0.0506. The van der Waals surface area contributed by atoms with Crippen molar-refractivity contribution < 1.29 is 14.3 Å². The maximum absolute atomic E-state index is 13.0. The van der Waals surface area contributed by atoms with E-state index in [1.54, 1.807) is 0 Å². The molecular formula is C20H28N2O3. The fourth-order valence-electron chi connectivity index (χ4n) is 4.60. The van der Waals surface area contributed by atoms with Crippen LogP contribution in [0.1, 0.15) is 45.6 Å². The van der Waals surface area contributed by atoms with E-state index in [1.807, 2.05) is 31.2 Å². The van der Waals surface area contributed by atoms with E-state index >= 15 is 0 Å². The van der Waals surface area contributed by atoms with Crippen LogP contribution >= 0.6 is 0 Å². The van der Waals surface area contributed by atoms with Crippen LogP contribution in [-0.2, 0) is 4.79 Å². The van der Waals surface area contributed by atoms with E-state index in [1.165, 1.54) is 4.90 Å². The highest BCUT2D eigenvalue weighted by Gasteiger charge is 2.55. The monoisotopic (exact) mass is 344 g/mol. The van der Waals surface area contributed by atoms with Gasteiger partial charge in [-0.2, -0.15) is 0 Å². The molecule has 1 aromatic carbocycles. The zero-order valence-electron chi connectivity index (χ0n) is 15.6. The van der Waals surface area contributed by atoms with E-state index in [4.69, 9.17) is 4.74 Å². The number of hydrogen-bond acceptors (Lipinski definition) is 3. The van der Waals surface area contributed by atoms with Crippen molar-refractivity contribution in [1.29, 1.82) is 0 Å². The van der Waals surface area contributed by atoms with Crippen molar-refractivity contribution >= 4 is 11.9 Å². The lowest BCUT2D eigenvalue weighted by atomic mass is 9.64. The number of benzene rings is 1. The van der Waals surface area contributed by atoms with Gasteiger partial charge in [-0.15, -0.1) is 0 Å². The molecule has 2 atom stereocenters. The van der Waals surface area contributed by atoms with Gasteiger partial charge in [-0.25, -0.2) is 4.79 Å².